The molecular formula is C12H22O3. The first-order valence-electron chi connectivity index (χ1n) is 6.03. The van der Waals surface area contributed by atoms with Crippen LogP contribution in [0.15, 0.2) is 0 Å². The topological polar surface area (TPSA) is 46.5 Å². The van der Waals surface area contributed by atoms with Gasteiger partial charge in [0, 0.05) is 0 Å². The van der Waals surface area contributed by atoms with Gasteiger partial charge in [0.2, 0.25) is 0 Å². The van der Waals surface area contributed by atoms with Crippen molar-refractivity contribution < 1.29 is 14.6 Å². The Hall–Kier alpha value is -0.570. The maximum absolute atomic E-state index is 11.4. The van der Waals surface area contributed by atoms with Crippen LogP contribution in [0.25, 0.3) is 0 Å². The highest BCUT2D eigenvalue weighted by atomic mass is 16.5. The molecule has 88 valence electrons. The Labute approximate surface area is 91.8 Å². The molecule has 3 atom stereocenters. The van der Waals surface area contributed by atoms with E-state index in [9.17, 15) is 9.90 Å². The van der Waals surface area contributed by atoms with Crippen LogP contribution in [-0.4, -0.2) is 23.8 Å². The van der Waals surface area contributed by atoms with E-state index in [4.69, 9.17) is 4.74 Å². The first kappa shape index (κ1) is 12.5. The molecular weight excluding hydrogens is 192 g/mol. The lowest BCUT2D eigenvalue weighted by Gasteiger charge is -2.30. The van der Waals surface area contributed by atoms with E-state index in [2.05, 4.69) is 6.92 Å². The van der Waals surface area contributed by atoms with Crippen molar-refractivity contribution >= 4 is 5.97 Å². The van der Waals surface area contributed by atoms with Gasteiger partial charge in [0.05, 0.1) is 6.61 Å². The Morgan fingerprint density at radius 1 is 1.47 bits per heavy atom. The van der Waals surface area contributed by atoms with Crippen molar-refractivity contribution in [2.24, 2.45) is 11.8 Å². The molecule has 1 rings (SSSR count). The maximum Gasteiger partial charge on any atom is 0.335 e. The van der Waals surface area contributed by atoms with Gasteiger partial charge in [-0.25, -0.2) is 4.79 Å². The summed E-state index contributed by atoms with van der Waals surface area (Å²) in [6.07, 6.45) is 4.53. The summed E-state index contributed by atoms with van der Waals surface area (Å²) in [4.78, 5) is 11.4. The minimum absolute atomic E-state index is 0.114. The number of hydrogen-bond donors (Lipinski definition) is 1. The zero-order valence-electron chi connectivity index (χ0n) is 9.74. The van der Waals surface area contributed by atoms with Crippen LogP contribution in [0.2, 0.25) is 0 Å². The number of aliphatic hydroxyl groups excluding tert-OH is 1. The van der Waals surface area contributed by atoms with Crippen LogP contribution >= 0.6 is 0 Å². The van der Waals surface area contributed by atoms with Crippen LogP contribution in [0.5, 0.6) is 0 Å². The molecule has 0 spiro atoms. The molecule has 3 unspecified atom stereocenters. The first-order chi connectivity index (χ1) is 7.19. The third kappa shape index (κ3) is 3.49. The van der Waals surface area contributed by atoms with Gasteiger partial charge in [-0.05, 0) is 31.6 Å². The number of esters is 1. The monoisotopic (exact) mass is 214 g/mol. The van der Waals surface area contributed by atoms with Crippen molar-refractivity contribution in [1.29, 1.82) is 0 Å². The second kappa shape index (κ2) is 6.11. The van der Waals surface area contributed by atoms with Gasteiger partial charge in [-0.15, -0.1) is 0 Å². The van der Waals surface area contributed by atoms with E-state index < -0.39 is 12.1 Å². The predicted octanol–water partition coefficient (Wildman–Crippen LogP) is 2.13. The standard InChI is InChI=1S/C12H22O3/c1-3-9-6-5-7-10(8-9)11(13)12(14)15-4-2/h9-11,13H,3-8H2,1-2H3. The van der Waals surface area contributed by atoms with Gasteiger partial charge in [-0.2, -0.15) is 0 Å². The first-order valence-corrected chi connectivity index (χ1v) is 6.03. The number of hydrogen-bond acceptors (Lipinski definition) is 3. The average molecular weight is 214 g/mol. The minimum Gasteiger partial charge on any atom is -0.464 e. The second-order valence-corrected chi connectivity index (χ2v) is 4.40. The van der Waals surface area contributed by atoms with E-state index in [1.54, 1.807) is 6.92 Å². The molecule has 0 bridgehead atoms. The lowest BCUT2D eigenvalue weighted by molar-refractivity contribution is -0.157. The summed E-state index contributed by atoms with van der Waals surface area (Å²) < 4.78 is 4.84. The Morgan fingerprint density at radius 2 is 2.20 bits per heavy atom. The quantitative estimate of drug-likeness (QED) is 0.729. The average Bonchev–Trinajstić information content (AvgIpc) is 2.28. The van der Waals surface area contributed by atoms with E-state index >= 15 is 0 Å². The molecule has 1 aliphatic rings. The van der Waals surface area contributed by atoms with E-state index in [0.717, 1.165) is 25.7 Å². The summed E-state index contributed by atoms with van der Waals surface area (Å²) in [5.74, 6) is 0.342. The summed E-state index contributed by atoms with van der Waals surface area (Å²) in [5.41, 5.74) is 0. The van der Waals surface area contributed by atoms with Crippen molar-refractivity contribution in [3.05, 3.63) is 0 Å². The van der Waals surface area contributed by atoms with Crippen LogP contribution in [0.4, 0.5) is 0 Å². The van der Waals surface area contributed by atoms with Crippen LogP contribution < -0.4 is 0 Å². The largest absolute Gasteiger partial charge is 0.464 e. The van der Waals surface area contributed by atoms with Crippen molar-refractivity contribution in [2.45, 2.75) is 52.1 Å². The SMILES string of the molecule is CCOC(=O)C(O)C1CCCC(CC)C1. The van der Waals surface area contributed by atoms with E-state index in [0.29, 0.717) is 12.5 Å². The highest BCUT2D eigenvalue weighted by Crippen LogP contribution is 2.33. The molecule has 0 radical (unpaired) electrons. The molecule has 0 heterocycles. The number of carbonyl (C=O) groups excluding carboxylic acids is 1. The molecule has 1 fully saturated rings. The van der Waals surface area contributed by atoms with Crippen molar-refractivity contribution in [1.82, 2.24) is 0 Å². The highest BCUT2D eigenvalue weighted by molar-refractivity contribution is 5.74. The number of aliphatic hydroxyl groups is 1. The molecule has 3 heteroatoms. The highest BCUT2D eigenvalue weighted by Gasteiger charge is 2.31. The summed E-state index contributed by atoms with van der Waals surface area (Å²) in [6.45, 7) is 4.28. The fraction of sp³-hybridized carbons (Fsp3) is 0.917. The number of rotatable bonds is 4. The lowest BCUT2D eigenvalue weighted by Crippen LogP contribution is -2.34. The van der Waals surface area contributed by atoms with Crippen LogP contribution in [0, 0.1) is 11.8 Å². The minimum atomic E-state index is -0.903. The molecule has 0 aromatic heterocycles. The second-order valence-electron chi connectivity index (χ2n) is 4.40. The van der Waals surface area contributed by atoms with E-state index in [-0.39, 0.29) is 5.92 Å². The third-order valence-electron chi connectivity index (χ3n) is 3.38. The Kier molecular flexibility index (Phi) is 5.09. The van der Waals surface area contributed by atoms with Crippen molar-refractivity contribution in [3.63, 3.8) is 0 Å². The van der Waals surface area contributed by atoms with E-state index in [1.165, 1.54) is 6.42 Å². The fourth-order valence-corrected chi connectivity index (χ4v) is 2.41. The molecule has 0 aromatic rings. The Balaban J connectivity index is 2.44. The molecule has 15 heavy (non-hydrogen) atoms. The number of carbonyl (C=O) groups is 1. The predicted molar refractivity (Wildman–Crippen MR) is 58.4 cm³/mol. The summed E-state index contributed by atoms with van der Waals surface area (Å²) in [6, 6.07) is 0. The fourth-order valence-electron chi connectivity index (χ4n) is 2.41. The van der Waals surface area contributed by atoms with Gasteiger partial charge in [0.25, 0.3) is 0 Å². The molecule has 0 aromatic carbocycles. The smallest absolute Gasteiger partial charge is 0.335 e. The van der Waals surface area contributed by atoms with Crippen LogP contribution in [-0.2, 0) is 9.53 Å². The molecule has 1 N–H and O–H groups in total. The molecule has 0 aliphatic heterocycles. The molecule has 1 saturated carbocycles. The lowest BCUT2D eigenvalue weighted by atomic mass is 9.78. The summed E-state index contributed by atoms with van der Waals surface area (Å²) in [5, 5.41) is 9.81. The van der Waals surface area contributed by atoms with Gasteiger partial charge in [-0.3, -0.25) is 0 Å². The molecule has 0 saturated heterocycles. The zero-order valence-corrected chi connectivity index (χ0v) is 9.74. The van der Waals surface area contributed by atoms with Crippen LogP contribution in [0.3, 0.4) is 0 Å². The van der Waals surface area contributed by atoms with Crippen molar-refractivity contribution in [3.8, 4) is 0 Å². The maximum atomic E-state index is 11.4. The Morgan fingerprint density at radius 3 is 2.80 bits per heavy atom. The summed E-state index contributed by atoms with van der Waals surface area (Å²) >= 11 is 0. The van der Waals surface area contributed by atoms with Gasteiger partial charge < -0.3 is 9.84 Å². The number of ether oxygens (including phenoxy) is 1. The van der Waals surface area contributed by atoms with Gasteiger partial charge in [0.15, 0.2) is 6.10 Å². The third-order valence-corrected chi connectivity index (χ3v) is 3.38. The normalized spacial score (nSPS) is 28.5. The zero-order chi connectivity index (χ0) is 11.3. The van der Waals surface area contributed by atoms with Crippen molar-refractivity contribution in [2.75, 3.05) is 6.61 Å². The van der Waals surface area contributed by atoms with Gasteiger partial charge in [-0.1, -0.05) is 26.2 Å². The molecule has 1 aliphatic carbocycles. The Bertz CT molecular complexity index is 203. The van der Waals surface area contributed by atoms with E-state index in [1.807, 2.05) is 0 Å². The van der Waals surface area contributed by atoms with Crippen LogP contribution in [0.1, 0.15) is 46.0 Å². The summed E-state index contributed by atoms with van der Waals surface area (Å²) in [7, 11) is 0. The molecule has 3 nitrogen and oxygen atoms in total. The molecule has 0 amide bonds. The van der Waals surface area contributed by atoms with Gasteiger partial charge >= 0.3 is 5.97 Å². The van der Waals surface area contributed by atoms with Gasteiger partial charge in [0.1, 0.15) is 0 Å².